The van der Waals surface area contributed by atoms with Crippen molar-refractivity contribution in [2.75, 3.05) is 0 Å². The molecule has 2 aromatic heterocycles. The predicted octanol–water partition coefficient (Wildman–Crippen LogP) is 1.44. The van der Waals surface area contributed by atoms with E-state index in [2.05, 4.69) is 10.4 Å². The second-order valence-electron chi connectivity index (χ2n) is 4.76. The summed E-state index contributed by atoms with van der Waals surface area (Å²) in [5, 5.41) is 18.0. The third-order valence-corrected chi connectivity index (χ3v) is 3.17. The van der Waals surface area contributed by atoms with Crippen LogP contribution in [-0.4, -0.2) is 15.7 Å². The van der Waals surface area contributed by atoms with Crippen LogP contribution in [0.4, 0.5) is 0 Å². The lowest BCUT2D eigenvalue weighted by molar-refractivity contribution is -0.605. The molecule has 0 bridgehead atoms. The molecule has 22 heavy (non-hydrogen) atoms. The van der Waals surface area contributed by atoms with E-state index in [0.717, 1.165) is 11.3 Å². The molecule has 0 atom stereocenters. The van der Waals surface area contributed by atoms with Crippen LogP contribution in [0.2, 0.25) is 0 Å². The number of para-hydroxylation sites is 1. The highest BCUT2D eigenvalue weighted by atomic mass is 16.5. The molecule has 0 fully saturated rings. The van der Waals surface area contributed by atoms with E-state index < -0.39 is 0 Å². The van der Waals surface area contributed by atoms with Gasteiger partial charge in [-0.15, -0.1) is 0 Å². The summed E-state index contributed by atoms with van der Waals surface area (Å²) in [5.74, 6) is -0.229. The summed E-state index contributed by atoms with van der Waals surface area (Å²) in [6, 6.07) is 12.7. The first-order valence-electron chi connectivity index (χ1n) is 6.78. The largest absolute Gasteiger partial charge is 0.619 e. The van der Waals surface area contributed by atoms with Crippen LogP contribution >= 0.6 is 0 Å². The van der Waals surface area contributed by atoms with Gasteiger partial charge in [-0.3, -0.25) is 4.79 Å². The molecule has 0 radical (unpaired) electrons. The highest BCUT2D eigenvalue weighted by Gasteiger charge is 2.07. The van der Waals surface area contributed by atoms with Gasteiger partial charge < -0.3 is 10.5 Å². The Bertz CT molecular complexity index is 766. The van der Waals surface area contributed by atoms with Gasteiger partial charge in [-0.25, -0.2) is 4.68 Å². The maximum atomic E-state index is 12.0. The highest BCUT2D eigenvalue weighted by molar-refractivity contribution is 5.93. The third-order valence-electron chi connectivity index (χ3n) is 3.17. The molecule has 0 saturated carbocycles. The second-order valence-corrected chi connectivity index (χ2v) is 4.76. The Labute approximate surface area is 127 Å². The van der Waals surface area contributed by atoms with Crippen LogP contribution in [0, 0.1) is 5.21 Å². The fourth-order valence-electron chi connectivity index (χ4n) is 2.02. The van der Waals surface area contributed by atoms with Gasteiger partial charge >= 0.3 is 0 Å². The minimum atomic E-state index is -0.229. The van der Waals surface area contributed by atoms with E-state index in [1.165, 1.54) is 24.5 Å². The van der Waals surface area contributed by atoms with Gasteiger partial charge in [0, 0.05) is 30.4 Å². The average molecular weight is 294 g/mol. The standard InChI is InChI=1S/C16H14N4O2/c21-16(14-6-8-19(22)9-7-14)17-10-13-11-18-20(12-13)15-4-2-1-3-5-15/h1-9,11-12H,10H2,(H,17,21). The van der Waals surface area contributed by atoms with Gasteiger partial charge in [0.05, 0.1) is 17.4 Å². The maximum Gasteiger partial charge on any atom is 0.252 e. The molecule has 0 spiro atoms. The number of nitrogens with one attached hydrogen (secondary N) is 1. The lowest BCUT2D eigenvalue weighted by Gasteiger charge is -2.03. The molecule has 3 rings (SSSR count). The molecule has 1 amide bonds. The summed E-state index contributed by atoms with van der Waals surface area (Å²) in [7, 11) is 0. The van der Waals surface area contributed by atoms with Crippen molar-refractivity contribution in [3.63, 3.8) is 0 Å². The third kappa shape index (κ3) is 3.12. The number of benzene rings is 1. The summed E-state index contributed by atoms with van der Waals surface area (Å²) in [6.45, 7) is 0.373. The van der Waals surface area contributed by atoms with E-state index in [1.807, 2.05) is 36.5 Å². The lowest BCUT2D eigenvalue weighted by atomic mass is 10.2. The van der Waals surface area contributed by atoms with Crippen LogP contribution in [0.5, 0.6) is 0 Å². The Morgan fingerprint density at radius 2 is 1.91 bits per heavy atom. The molecule has 0 aliphatic heterocycles. The molecule has 0 aliphatic rings. The van der Waals surface area contributed by atoms with Crippen LogP contribution in [0.1, 0.15) is 15.9 Å². The SMILES string of the molecule is O=C(NCc1cnn(-c2ccccc2)c1)c1cc[n+]([O-])cc1. The van der Waals surface area contributed by atoms with Gasteiger partial charge in [-0.05, 0) is 12.1 Å². The summed E-state index contributed by atoms with van der Waals surface area (Å²) in [6.07, 6.45) is 6.17. The average Bonchev–Trinajstić information content (AvgIpc) is 3.03. The molecule has 1 aromatic carbocycles. The van der Waals surface area contributed by atoms with Crippen molar-refractivity contribution in [1.29, 1.82) is 0 Å². The van der Waals surface area contributed by atoms with Crippen LogP contribution in [0.15, 0.2) is 67.3 Å². The zero-order valence-electron chi connectivity index (χ0n) is 11.7. The smallest absolute Gasteiger partial charge is 0.252 e. The van der Waals surface area contributed by atoms with Gasteiger partial charge in [-0.1, -0.05) is 18.2 Å². The van der Waals surface area contributed by atoms with Crippen LogP contribution in [0.25, 0.3) is 5.69 Å². The predicted molar refractivity (Wildman–Crippen MR) is 80.1 cm³/mol. The molecular formula is C16H14N4O2. The molecule has 3 aromatic rings. The minimum Gasteiger partial charge on any atom is -0.619 e. The van der Waals surface area contributed by atoms with Gasteiger partial charge in [0.15, 0.2) is 12.4 Å². The number of carbonyl (C=O) groups is 1. The van der Waals surface area contributed by atoms with Crippen molar-refractivity contribution in [1.82, 2.24) is 15.1 Å². The number of aromatic nitrogens is 3. The number of nitrogens with zero attached hydrogens (tertiary/aromatic N) is 3. The minimum absolute atomic E-state index is 0.229. The zero-order valence-corrected chi connectivity index (χ0v) is 11.7. The summed E-state index contributed by atoms with van der Waals surface area (Å²) in [5.41, 5.74) is 2.30. The number of hydrogen-bond donors (Lipinski definition) is 1. The van der Waals surface area contributed by atoms with Crippen molar-refractivity contribution in [2.45, 2.75) is 6.54 Å². The molecule has 2 heterocycles. The fourth-order valence-corrected chi connectivity index (χ4v) is 2.02. The molecular weight excluding hydrogens is 280 g/mol. The number of hydrogen-bond acceptors (Lipinski definition) is 3. The monoisotopic (exact) mass is 294 g/mol. The maximum absolute atomic E-state index is 12.0. The topological polar surface area (TPSA) is 73.9 Å². The Balaban J connectivity index is 1.64. The first-order chi connectivity index (χ1) is 10.7. The van der Waals surface area contributed by atoms with Gasteiger partial charge in [-0.2, -0.15) is 9.83 Å². The van der Waals surface area contributed by atoms with E-state index in [9.17, 15) is 10.0 Å². The second kappa shape index (κ2) is 6.09. The van der Waals surface area contributed by atoms with E-state index in [1.54, 1.807) is 10.9 Å². The fraction of sp³-hybridized carbons (Fsp3) is 0.0625. The first-order valence-corrected chi connectivity index (χ1v) is 6.78. The Morgan fingerprint density at radius 1 is 1.18 bits per heavy atom. The van der Waals surface area contributed by atoms with Gasteiger partial charge in [0.25, 0.3) is 5.91 Å². The van der Waals surface area contributed by atoms with Crippen LogP contribution in [-0.2, 0) is 6.54 Å². The van der Waals surface area contributed by atoms with Gasteiger partial charge in [0.2, 0.25) is 0 Å². The molecule has 1 N–H and O–H groups in total. The van der Waals surface area contributed by atoms with E-state index >= 15 is 0 Å². The van der Waals surface area contributed by atoms with Crippen molar-refractivity contribution < 1.29 is 9.52 Å². The number of pyridine rings is 1. The lowest BCUT2D eigenvalue weighted by Crippen LogP contribution is -2.27. The van der Waals surface area contributed by atoms with Crippen molar-refractivity contribution in [3.05, 3.63) is 83.6 Å². The van der Waals surface area contributed by atoms with Crippen LogP contribution < -0.4 is 10.0 Å². The van der Waals surface area contributed by atoms with E-state index in [0.29, 0.717) is 16.8 Å². The quantitative estimate of drug-likeness (QED) is 0.584. The van der Waals surface area contributed by atoms with E-state index in [4.69, 9.17) is 0 Å². The summed E-state index contributed by atoms with van der Waals surface area (Å²) >= 11 is 0. The number of rotatable bonds is 4. The molecule has 0 saturated heterocycles. The number of carbonyl (C=O) groups excluding carboxylic acids is 1. The molecule has 6 heteroatoms. The van der Waals surface area contributed by atoms with Crippen molar-refractivity contribution in [2.24, 2.45) is 0 Å². The van der Waals surface area contributed by atoms with Crippen LogP contribution in [0.3, 0.4) is 0 Å². The highest BCUT2D eigenvalue weighted by Crippen LogP contribution is 2.07. The molecule has 6 nitrogen and oxygen atoms in total. The summed E-state index contributed by atoms with van der Waals surface area (Å²) in [4.78, 5) is 12.0. The van der Waals surface area contributed by atoms with Gasteiger partial charge in [0.1, 0.15) is 0 Å². The molecule has 0 unspecified atom stereocenters. The Kier molecular flexibility index (Phi) is 3.82. The molecule has 0 aliphatic carbocycles. The summed E-state index contributed by atoms with van der Waals surface area (Å²) < 4.78 is 2.39. The van der Waals surface area contributed by atoms with Crippen molar-refractivity contribution >= 4 is 5.91 Å². The van der Waals surface area contributed by atoms with Crippen molar-refractivity contribution in [3.8, 4) is 5.69 Å². The molecule has 110 valence electrons. The van der Waals surface area contributed by atoms with E-state index in [-0.39, 0.29) is 5.91 Å². The number of amides is 1. The Morgan fingerprint density at radius 3 is 2.64 bits per heavy atom. The first kappa shape index (κ1) is 13.8. The zero-order chi connectivity index (χ0) is 15.4. The normalized spacial score (nSPS) is 10.4. The Hall–Kier alpha value is -3.15.